The molecule has 74 valence electrons. The van der Waals surface area contributed by atoms with E-state index in [0.29, 0.717) is 6.42 Å². The summed E-state index contributed by atoms with van der Waals surface area (Å²) in [6.45, 7) is 3.14. The van der Waals surface area contributed by atoms with Crippen molar-refractivity contribution in [2.24, 2.45) is 5.41 Å². The molecule has 1 N–H and O–H groups in total. The highest BCUT2D eigenvalue weighted by molar-refractivity contribution is 5.29. The van der Waals surface area contributed by atoms with Crippen LogP contribution in [0.4, 0.5) is 8.78 Å². The van der Waals surface area contributed by atoms with Crippen LogP contribution in [0.3, 0.4) is 0 Å². The zero-order valence-corrected chi connectivity index (χ0v) is 7.80. The lowest BCUT2D eigenvalue weighted by atomic mass is 9.81. The van der Waals surface area contributed by atoms with Crippen LogP contribution in [0.2, 0.25) is 0 Å². The molecule has 2 unspecified atom stereocenters. The predicted octanol–water partition coefficient (Wildman–Crippen LogP) is 2.52. The Bertz CT molecular complexity index is 243. The van der Waals surface area contributed by atoms with Gasteiger partial charge in [-0.2, -0.15) is 0 Å². The third-order valence-electron chi connectivity index (χ3n) is 2.42. The van der Waals surface area contributed by atoms with Crippen molar-refractivity contribution >= 4 is 0 Å². The van der Waals surface area contributed by atoms with E-state index >= 15 is 0 Å². The van der Waals surface area contributed by atoms with Crippen molar-refractivity contribution in [3.63, 3.8) is 0 Å². The fourth-order valence-corrected chi connectivity index (χ4v) is 1.23. The van der Waals surface area contributed by atoms with Gasteiger partial charge in [-0.1, -0.05) is 25.2 Å². The van der Waals surface area contributed by atoms with Crippen LogP contribution in [0.5, 0.6) is 0 Å². The minimum absolute atomic E-state index is 0.293. The van der Waals surface area contributed by atoms with Crippen molar-refractivity contribution in [3.8, 4) is 0 Å². The average molecular weight is 188 g/mol. The van der Waals surface area contributed by atoms with Gasteiger partial charge in [0.2, 0.25) is 6.43 Å². The van der Waals surface area contributed by atoms with Gasteiger partial charge in [-0.3, -0.25) is 0 Å². The van der Waals surface area contributed by atoms with Gasteiger partial charge < -0.3 is 5.11 Å². The molecular weight excluding hydrogens is 174 g/mol. The molecule has 0 amide bonds. The maximum Gasteiger partial charge on any atom is 0.247 e. The quantitative estimate of drug-likeness (QED) is 0.706. The normalized spacial score (nSPS) is 30.5. The number of aliphatic hydroxyl groups is 1. The molecule has 0 spiro atoms. The number of hydrogen-bond acceptors (Lipinski definition) is 1. The van der Waals surface area contributed by atoms with Gasteiger partial charge in [-0.05, 0) is 18.9 Å². The molecule has 0 fully saturated rings. The van der Waals surface area contributed by atoms with Crippen LogP contribution in [0.1, 0.15) is 20.3 Å². The molecule has 0 bridgehead atoms. The number of aliphatic hydroxyl groups excluding tert-OH is 1. The Labute approximate surface area is 76.8 Å². The van der Waals surface area contributed by atoms with Crippen LogP contribution >= 0.6 is 0 Å². The van der Waals surface area contributed by atoms with Crippen LogP contribution in [-0.4, -0.2) is 17.6 Å². The van der Waals surface area contributed by atoms with Crippen LogP contribution in [0, 0.1) is 5.41 Å². The van der Waals surface area contributed by atoms with Gasteiger partial charge in [0, 0.05) is 0 Å². The van der Waals surface area contributed by atoms with E-state index in [2.05, 4.69) is 0 Å². The SMILES string of the molecule is CC(O)C1=CCC(C)(C(F)F)C=C1. The monoisotopic (exact) mass is 188 g/mol. The highest BCUT2D eigenvalue weighted by Gasteiger charge is 2.33. The number of hydrogen-bond donors (Lipinski definition) is 1. The molecule has 0 saturated carbocycles. The molecule has 1 aliphatic carbocycles. The van der Waals surface area contributed by atoms with E-state index in [9.17, 15) is 13.9 Å². The van der Waals surface area contributed by atoms with Crippen LogP contribution in [0.25, 0.3) is 0 Å². The van der Waals surface area contributed by atoms with Crippen molar-refractivity contribution < 1.29 is 13.9 Å². The van der Waals surface area contributed by atoms with E-state index in [0.717, 1.165) is 5.57 Å². The van der Waals surface area contributed by atoms with Crippen molar-refractivity contribution in [1.29, 1.82) is 0 Å². The van der Waals surface area contributed by atoms with Gasteiger partial charge in [0.15, 0.2) is 0 Å². The molecule has 3 heteroatoms. The lowest BCUT2D eigenvalue weighted by Gasteiger charge is -2.27. The van der Waals surface area contributed by atoms with Crippen molar-refractivity contribution in [2.75, 3.05) is 0 Å². The molecule has 0 aromatic carbocycles. The van der Waals surface area contributed by atoms with Crippen molar-refractivity contribution in [3.05, 3.63) is 23.8 Å². The molecule has 1 nitrogen and oxygen atoms in total. The Balaban J connectivity index is 2.73. The molecule has 1 aliphatic rings. The minimum Gasteiger partial charge on any atom is -0.389 e. The Morgan fingerprint density at radius 1 is 1.54 bits per heavy atom. The highest BCUT2D eigenvalue weighted by atomic mass is 19.3. The van der Waals surface area contributed by atoms with Crippen LogP contribution in [-0.2, 0) is 0 Å². The lowest BCUT2D eigenvalue weighted by Crippen LogP contribution is -2.25. The Morgan fingerprint density at radius 2 is 2.15 bits per heavy atom. The molecule has 1 rings (SSSR count). The Morgan fingerprint density at radius 3 is 2.46 bits per heavy atom. The number of alkyl halides is 2. The third-order valence-corrected chi connectivity index (χ3v) is 2.42. The first-order valence-electron chi connectivity index (χ1n) is 4.31. The van der Waals surface area contributed by atoms with Gasteiger partial charge in [0.1, 0.15) is 0 Å². The molecule has 0 aromatic rings. The summed E-state index contributed by atoms with van der Waals surface area (Å²) in [6.07, 6.45) is 2.12. The summed E-state index contributed by atoms with van der Waals surface area (Å²) >= 11 is 0. The van der Waals surface area contributed by atoms with Gasteiger partial charge in [-0.25, -0.2) is 8.78 Å². The first kappa shape index (κ1) is 10.4. The fraction of sp³-hybridized carbons (Fsp3) is 0.600. The summed E-state index contributed by atoms with van der Waals surface area (Å²) in [5, 5.41) is 9.18. The Hall–Kier alpha value is -0.700. The lowest BCUT2D eigenvalue weighted by molar-refractivity contribution is 0.0398. The van der Waals surface area contributed by atoms with Crippen molar-refractivity contribution in [1.82, 2.24) is 0 Å². The van der Waals surface area contributed by atoms with E-state index in [1.165, 1.54) is 13.0 Å². The number of halogens is 2. The maximum atomic E-state index is 12.5. The van der Waals surface area contributed by atoms with Gasteiger partial charge in [0.25, 0.3) is 0 Å². The minimum atomic E-state index is -2.35. The zero-order valence-electron chi connectivity index (χ0n) is 7.80. The third kappa shape index (κ3) is 2.15. The summed E-state index contributed by atoms with van der Waals surface area (Å²) in [6, 6.07) is 0. The predicted molar refractivity (Wildman–Crippen MR) is 47.6 cm³/mol. The van der Waals surface area contributed by atoms with Crippen molar-refractivity contribution in [2.45, 2.75) is 32.8 Å². The summed E-state index contributed by atoms with van der Waals surface area (Å²) in [5.74, 6) is 0. The van der Waals surface area contributed by atoms with E-state index in [4.69, 9.17) is 0 Å². The molecule has 0 saturated heterocycles. The van der Waals surface area contributed by atoms with E-state index in [1.807, 2.05) is 0 Å². The van der Waals surface area contributed by atoms with Crippen LogP contribution < -0.4 is 0 Å². The van der Waals surface area contributed by atoms with E-state index in [1.54, 1.807) is 19.1 Å². The number of rotatable bonds is 2. The second kappa shape index (κ2) is 3.58. The topological polar surface area (TPSA) is 20.2 Å². The van der Waals surface area contributed by atoms with Gasteiger partial charge in [-0.15, -0.1) is 0 Å². The second-order valence-electron chi connectivity index (χ2n) is 3.72. The second-order valence-corrected chi connectivity index (χ2v) is 3.72. The molecule has 0 aliphatic heterocycles. The zero-order chi connectivity index (χ0) is 10.1. The first-order valence-corrected chi connectivity index (χ1v) is 4.31. The van der Waals surface area contributed by atoms with Gasteiger partial charge >= 0.3 is 0 Å². The smallest absolute Gasteiger partial charge is 0.247 e. The molecule has 0 aromatic heterocycles. The van der Waals surface area contributed by atoms with E-state index in [-0.39, 0.29) is 0 Å². The Kier molecular flexibility index (Phi) is 2.86. The molecule has 13 heavy (non-hydrogen) atoms. The summed E-state index contributed by atoms with van der Waals surface area (Å²) < 4.78 is 25.0. The van der Waals surface area contributed by atoms with Crippen LogP contribution in [0.15, 0.2) is 23.8 Å². The molecule has 0 radical (unpaired) electrons. The van der Waals surface area contributed by atoms with Gasteiger partial charge in [0.05, 0.1) is 11.5 Å². The first-order chi connectivity index (χ1) is 5.96. The standard InChI is InChI=1S/C10H14F2O/c1-7(13)8-3-5-10(2,6-4-8)9(11)12/h3-5,7,9,13H,6H2,1-2H3. The summed E-state index contributed by atoms with van der Waals surface area (Å²) in [7, 11) is 0. The fourth-order valence-electron chi connectivity index (χ4n) is 1.23. The van der Waals surface area contributed by atoms with E-state index < -0.39 is 17.9 Å². The summed E-state index contributed by atoms with van der Waals surface area (Å²) in [5.41, 5.74) is -0.337. The molecule has 2 atom stereocenters. The summed E-state index contributed by atoms with van der Waals surface area (Å²) in [4.78, 5) is 0. The number of allylic oxidation sites excluding steroid dienone is 2. The largest absolute Gasteiger partial charge is 0.389 e. The molecule has 0 heterocycles. The highest BCUT2D eigenvalue weighted by Crippen LogP contribution is 2.35. The maximum absolute atomic E-state index is 12.5. The average Bonchev–Trinajstić information content (AvgIpc) is 2.04. The molecular formula is C10H14F2O.